The van der Waals surface area contributed by atoms with Crippen molar-refractivity contribution >= 4 is 11.9 Å². The average molecular weight is 377 g/mol. The van der Waals surface area contributed by atoms with Gasteiger partial charge in [-0.3, -0.25) is 4.79 Å². The number of aromatic nitrogens is 2. The molecule has 0 saturated carbocycles. The van der Waals surface area contributed by atoms with Gasteiger partial charge in [-0.05, 0) is 55.7 Å². The molecule has 1 aromatic heterocycles. The Morgan fingerprint density at radius 1 is 1.04 bits per heavy atom. The number of hydrogen-bond acceptors (Lipinski definition) is 4. The van der Waals surface area contributed by atoms with Crippen LogP contribution in [0.5, 0.6) is 0 Å². The van der Waals surface area contributed by atoms with Crippen LogP contribution in [-0.2, 0) is 16.0 Å². The standard InChI is InChI=1S/C22H23N3O3/c1-17-13-15-24-25(17)20-11-9-19(10-12-20)22(27)28-16-21(26)23-14-5-8-18-6-3-2-4-7-18/h2-4,6-7,9-13,15H,5,8,14,16H2,1H3,(H,23,26). The summed E-state index contributed by atoms with van der Waals surface area (Å²) in [6.45, 7) is 2.21. The van der Waals surface area contributed by atoms with Crippen molar-refractivity contribution in [2.75, 3.05) is 13.2 Å². The van der Waals surface area contributed by atoms with Crippen LogP contribution in [0, 0.1) is 6.92 Å². The summed E-state index contributed by atoms with van der Waals surface area (Å²) in [6.07, 6.45) is 3.44. The van der Waals surface area contributed by atoms with Crippen molar-refractivity contribution < 1.29 is 14.3 Å². The lowest BCUT2D eigenvalue weighted by Gasteiger charge is -2.08. The third-order valence-corrected chi connectivity index (χ3v) is 4.32. The number of rotatable bonds is 8. The first-order chi connectivity index (χ1) is 13.6. The van der Waals surface area contributed by atoms with Gasteiger partial charge in [-0.2, -0.15) is 5.10 Å². The maximum Gasteiger partial charge on any atom is 0.338 e. The zero-order valence-corrected chi connectivity index (χ0v) is 15.8. The molecule has 1 amide bonds. The third-order valence-electron chi connectivity index (χ3n) is 4.32. The average Bonchev–Trinajstić information content (AvgIpc) is 3.16. The zero-order chi connectivity index (χ0) is 19.8. The molecule has 3 rings (SSSR count). The number of amides is 1. The van der Waals surface area contributed by atoms with Crippen LogP contribution in [0.1, 0.15) is 28.0 Å². The Labute approximate surface area is 164 Å². The summed E-state index contributed by atoms with van der Waals surface area (Å²) in [7, 11) is 0. The van der Waals surface area contributed by atoms with Crippen molar-refractivity contribution in [3.05, 3.63) is 83.7 Å². The highest BCUT2D eigenvalue weighted by Gasteiger charge is 2.10. The molecule has 0 fully saturated rings. The summed E-state index contributed by atoms with van der Waals surface area (Å²) in [6, 6.07) is 18.9. The summed E-state index contributed by atoms with van der Waals surface area (Å²) in [5.74, 6) is -0.826. The molecule has 0 saturated heterocycles. The van der Waals surface area contributed by atoms with E-state index in [1.807, 2.05) is 31.2 Å². The summed E-state index contributed by atoms with van der Waals surface area (Å²) in [5, 5.41) is 6.99. The predicted octanol–water partition coefficient (Wildman–Crippen LogP) is 3.09. The molecule has 0 spiro atoms. The Morgan fingerprint density at radius 3 is 2.46 bits per heavy atom. The van der Waals surface area contributed by atoms with Crippen molar-refractivity contribution in [2.45, 2.75) is 19.8 Å². The minimum atomic E-state index is -0.525. The highest BCUT2D eigenvalue weighted by atomic mass is 16.5. The number of ether oxygens (including phenoxy) is 1. The van der Waals surface area contributed by atoms with E-state index in [-0.39, 0.29) is 12.5 Å². The number of carbonyl (C=O) groups excluding carboxylic acids is 2. The van der Waals surface area contributed by atoms with Gasteiger partial charge in [-0.25, -0.2) is 9.48 Å². The lowest BCUT2D eigenvalue weighted by Crippen LogP contribution is -2.29. The third kappa shape index (κ3) is 5.30. The fourth-order valence-electron chi connectivity index (χ4n) is 2.81. The van der Waals surface area contributed by atoms with E-state index < -0.39 is 5.97 Å². The van der Waals surface area contributed by atoms with Crippen LogP contribution in [0.15, 0.2) is 66.9 Å². The molecule has 0 atom stereocenters. The first-order valence-electron chi connectivity index (χ1n) is 9.22. The molecule has 2 aromatic carbocycles. The second-order valence-corrected chi connectivity index (χ2v) is 6.45. The Morgan fingerprint density at radius 2 is 1.79 bits per heavy atom. The van der Waals surface area contributed by atoms with E-state index in [0.29, 0.717) is 12.1 Å². The van der Waals surface area contributed by atoms with Gasteiger partial charge < -0.3 is 10.1 Å². The van der Waals surface area contributed by atoms with Gasteiger partial charge >= 0.3 is 5.97 Å². The van der Waals surface area contributed by atoms with Gasteiger partial charge in [-0.1, -0.05) is 30.3 Å². The van der Waals surface area contributed by atoms with Gasteiger partial charge in [0.15, 0.2) is 6.61 Å². The number of hydrogen-bond donors (Lipinski definition) is 1. The molecule has 6 nitrogen and oxygen atoms in total. The monoisotopic (exact) mass is 377 g/mol. The van der Waals surface area contributed by atoms with Crippen molar-refractivity contribution in [3.8, 4) is 5.69 Å². The summed E-state index contributed by atoms with van der Waals surface area (Å²) in [5.41, 5.74) is 3.48. The molecule has 0 radical (unpaired) electrons. The Hall–Kier alpha value is -3.41. The molecule has 0 bridgehead atoms. The summed E-state index contributed by atoms with van der Waals surface area (Å²) < 4.78 is 6.86. The van der Waals surface area contributed by atoms with Crippen LogP contribution in [-0.4, -0.2) is 34.8 Å². The Bertz CT molecular complexity index is 918. The van der Waals surface area contributed by atoms with E-state index in [9.17, 15) is 9.59 Å². The van der Waals surface area contributed by atoms with Crippen LogP contribution in [0.3, 0.4) is 0 Å². The van der Waals surface area contributed by atoms with E-state index in [2.05, 4.69) is 22.5 Å². The highest BCUT2D eigenvalue weighted by Crippen LogP contribution is 2.12. The van der Waals surface area contributed by atoms with Crippen LogP contribution < -0.4 is 5.32 Å². The van der Waals surface area contributed by atoms with Crippen molar-refractivity contribution in [3.63, 3.8) is 0 Å². The van der Waals surface area contributed by atoms with Gasteiger partial charge in [0.2, 0.25) is 0 Å². The minimum absolute atomic E-state index is 0.288. The van der Waals surface area contributed by atoms with Gasteiger partial charge in [0.25, 0.3) is 5.91 Å². The lowest BCUT2D eigenvalue weighted by atomic mass is 10.1. The van der Waals surface area contributed by atoms with Gasteiger partial charge in [0, 0.05) is 18.4 Å². The number of benzene rings is 2. The van der Waals surface area contributed by atoms with E-state index in [4.69, 9.17) is 4.74 Å². The summed E-state index contributed by atoms with van der Waals surface area (Å²) >= 11 is 0. The first-order valence-corrected chi connectivity index (χ1v) is 9.22. The van der Waals surface area contributed by atoms with E-state index in [1.54, 1.807) is 35.1 Å². The van der Waals surface area contributed by atoms with Crippen LogP contribution >= 0.6 is 0 Å². The first kappa shape index (κ1) is 19.4. The minimum Gasteiger partial charge on any atom is -0.452 e. The maximum atomic E-state index is 12.1. The number of aryl methyl sites for hydroxylation is 2. The van der Waals surface area contributed by atoms with E-state index in [1.165, 1.54) is 5.56 Å². The molecule has 6 heteroatoms. The molecule has 144 valence electrons. The molecule has 0 aliphatic carbocycles. The molecule has 28 heavy (non-hydrogen) atoms. The lowest BCUT2D eigenvalue weighted by molar-refractivity contribution is -0.124. The van der Waals surface area contributed by atoms with Crippen LogP contribution in [0.4, 0.5) is 0 Å². The molecule has 3 aromatic rings. The van der Waals surface area contributed by atoms with Gasteiger partial charge in [-0.15, -0.1) is 0 Å². The normalized spacial score (nSPS) is 10.5. The predicted molar refractivity (Wildman–Crippen MR) is 106 cm³/mol. The highest BCUT2D eigenvalue weighted by molar-refractivity contribution is 5.91. The molecular weight excluding hydrogens is 354 g/mol. The smallest absolute Gasteiger partial charge is 0.338 e. The van der Waals surface area contributed by atoms with Gasteiger partial charge in [0.1, 0.15) is 0 Å². The Balaban J connectivity index is 1.40. The zero-order valence-electron chi connectivity index (χ0n) is 15.8. The molecule has 1 N–H and O–H groups in total. The molecule has 0 unspecified atom stereocenters. The molecular formula is C22H23N3O3. The fourth-order valence-corrected chi connectivity index (χ4v) is 2.81. The molecule has 0 aliphatic heterocycles. The van der Waals surface area contributed by atoms with Crippen molar-refractivity contribution in [2.24, 2.45) is 0 Å². The largest absolute Gasteiger partial charge is 0.452 e. The van der Waals surface area contributed by atoms with Crippen LogP contribution in [0.2, 0.25) is 0 Å². The van der Waals surface area contributed by atoms with Gasteiger partial charge in [0.05, 0.1) is 11.3 Å². The number of carbonyl (C=O) groups is 2. The van der Waals surface area contributed by atoms with Crippen LogP contribution in [0.25, 0.3) is 5.69 Å². The number of esters is 1. The number of nitrogens with one attached hydrogen (secondary N) is 1. The quantitative estimate of drug-likeness (QED) is 0.484. The number of nitrogens with zero attached hydrogens (tertiary/aromatic N) is 2. The van der Waals surface area contributed by atoms with E-state index in [0.717, 1.165) is 24.2 Å². The van der Waals surface area contributed by atoms with Crippen molar-refractivity contribution in [1.29, 1.82) is 0 Å². The SMILES string of the molecule is Cc1ccnn1-c1ccc(C(=O)OCC(=O)NCCCc2ccccc2)cc1. The van der Waals surface area contributed by atoms with Crippen molar-refractivity contribution in [1.82, 2.24) is 15.1 Å². The second-order valence-electron chi connectivity index (χ2n) is 6.45. The maximum absolute atomic E-state index is 12.1. The Kier molecular flexibility index (Phi) is 6.57. The van der Waals surface area contributed by atoms with E-state index >= 15 is 0 Å². The summed E-state index contributed by atoms with van der Waals surface area (Å²) in [4.78, 5) is 23.9. The topological polar surface area (TPSA) is 73.2 Å². The second kappa shape index (κ2) is 9.50. The fraction of sp³-hybridized carbons (Fsp3) is 0.227. The molecule has 0 aliphatic rings. The molecule has 1 heterocycles.